The van der Waals surface area contributed by atoms with E-state index in [1.54, 1.807) is 6.33 Å². The topological polar surface area (TPSA) is 119 Å². The van der Waals surface area contributed by atoms with E-state index in [0.717, 1.165) is 37.3 Å². The van der Waals surface area contributed by atoms with Crippen molar-refractivity contribution in [2.75, 3.05) is 17.2 Å². The van der Waals surface area contributed by atoms with E-state index >= 15 is 0 Å². The van der Waals surface area contributed by atoms with Crippen LogP contribution in [-0.4, -0.2) is 31.0 Å². The quantitative estimate of drug-likeness (QED) is 0.616. The average Bonchev–Trinajstić information content (AvgIpc) is 3.22. The van der Waals surface area contributed by atoms with Gasteiger partial charge < -0.3 is 10.6 Å². The van der Waals surface area contributed by atoms with E-state index in [4.69, 9.17) is 9.32 Å². The Morgan fingerprint density at radius 1 is 1.17 bits per heavy atom. The lowest BCUT2D eigenvalue weighted by atomic mass is 9.86. The van der Waals surface area contributed by atoms with Crippen molar-refractivity contribution in [2.24, 2.45) is 11.1 Å². The highest BCUT2D eigenvalue weighted by Crippen LogP contribution is 2.45. The highest BCUT2D eigenvalue weighted by Gasteiger charge is 2.36. The summed E-state index contributed by atoms with van der Waals surface area (Å²) in [4.78, 5) is 8.76. The van der Waals surface area contributed by atoms with Crippen LogP contribution in [0.2, 0.25) is 0 Å². The molecule has 2 aliphatic rings. The number of fused-ring (bicyclic) bond motifs is 1. The molecule has 1 aromatic carbocycles. The second-order valence-corrected chi connectivity index (χ2v) is 10.2. The number of anilines is 2. The monoisotopic (exact) mass is 431 g/mol. The van der Waals surface area contributed by atoms with Crippen LogP contribution in [0.25, 0.3) is 0 Å². The van der Waals surface area contributed by atoms with Crippen LogP contribution in [0, 0.1) is 5.92 Å². The predicted octanol–water partition coefficient (Wildman–Crippen LogP) is 3.11. The molecular weight excluding hydrogens is 402 g/mol. The van der Waals surface area contributed by atoms with Crippen LogP contribution in [0.3, 0.4) is 0 Å². The van der Waals surface area contributed by atoms with E-state index in [1.165, 1.54) is 11.1 Å². The van der Waals surface area contributed by atoms with Gasteiger partial charge in [-0.1, -0.05) is 38.1 Å². The molecule has 0 aliphatic heterocycles. The van der Waals surface area contributed by atoms with Crippen LogP contribution in [-0.2, 0) is 19.9 Å². The van der Waals surface area contributed by atoms with Gasteiger partial charge in [-0.2, -0.15) is 8.42 Å². The number of rotatable bonds is 7. The van der Waals surface area contributed by atoms with Gasteiger partial charge >= 0.3 is 10.3 Å². The Bertz CT molecular complexity index is 1010. The molecular formula is C21H29N5O3S. The Kier molecular flexibility index (Phi) is 5.69. The third-order valence-corrected chi connectivity index (χ3v) is 6.59. The SMILES string of the molecule is CC1(C)C[C@H](Nc2cc(N[C@H]3CC[C@H](COS(N)(=O)=O)C3)ncn2)c2ccccc21. The number of nitrogens with two attached hydrogens (primary N) is 1. The number of hydrogen-bond donors (Lipinski definition) is 3. The molecule has 30 heavy (non-hydrogen) atoms. The van der Waals surface area contributed by atoms with Gasteiger partial charge in [0.2, 0.25) is 0 Å². The minimum absolute atomic E-state index is 0.125. The van der Waals surface area contributed by atoms with E-state index in [1.807, 2.05) is 6.07 Å². The Balaban J connectivity index is 1.37. The molecule has 2 aliphatic carbocycles. The summed E-state index contributed by atoms with van der Waals surface area (Å²) in [5.41, 5.74) is 2.83. The first kappa shape index (κ1) is 21.0. The molecule has 3 atom stereocenters. The standard InChI is InChI=1S/C21H29N5O3S/c1-21(2)11-18(16-5-3-4-6-17(16)21)26-20-10-19(23-13-24-20)25-15-8-7-14(9-15)12-29-30(22,27)28/h3-6,10,13-15,18H,7-9,11-12H2,1-2H3,(H2,22,27,28)(H2,23,24,25,26)/t14-,15-,18-/m0/s1. The number of nitrogens with zero attached hydrogens (tertiary/aromatic N) is 2. The average molecular weight is 432 g/mol. The van der Waals surface area contributed by atoms with Crippen LogP contribution in [0.4, 0.5) is 11.6 Å². The minimum atomic E-state index is -3.88. The number of aromatic nitrogens is 2. The number of benzene rings is 1. The number of hydrogen-bond acceptors (Lipinski definition) is 7. The van der Waals surface area contributed by atoms with E-state index in [-0.39, 0.29) is 30.0 Å². The number of nitrogens with one attached hydrogen (secondary N) is 2. The summed E-state index contributed by atoms with van der Waals surface area (Å²) < 4.78 is 26.7. The molecule has 0 radical (unpaired) electrons. The molecule has 162 valence electrons. The van der Waals surface area contributed by atoms with Gasteiger partial charge in [-0.05, 0) is 48.1 Å². The van der Waals surface area contributed by atoms with Crippen molar-refractivity contribution in [1.82, 2.24) is 9.97 Å². The Labute approximate surface area is 177 Å². The van der Waals surface area contributed by atoms with E-state index < -0.39 is 10.3 Å². The molecule has 1 aromatic heterocycles. The summed E-state index contributed by atoms with van der Waals surface area (Å²) in [6, 6.07) is 10.9. The highest BCUT2D eigenvalue weighted by atomic mass is 32.2. The van der Waals surface area contributed by atoms with Gasteiger partial charge in [0.25, 0.3) is 0 Å². The van der Waals surface area contributed by atoms with Gasteiger partial charge in [-0.25, -0.2) is 15.1 Å². The van der Waals surface area contributed by atoms with Crippen molar-refractivity contribution in [3.8, 4) is 0 Å². The van der Waals surface area contributed by atoms with E-state index in [2.05, 4.69) is 58.7 Å². The summed E-state index contributed by atoms with van der Waals surface area (Å²) >= 11 is 0. The van der Waals surface area contributed by atoms with Gasteiger partial charge in [0.15, 0.2) is 0 Å². The zero-order chi connectivity index (χ0) is 21.4. The molecule has 1 heterocycles. The Morgan fingerprint density at radius 3 is 2.67 bits per heavy atom. The zero-order valence-electron chi connectivity index (χ0n) is 17.3. The second kappa shape index (κ2) is 8.13. The molecule has 4 N–H and O–H groups in total. The summed E-state index contributed by atoms with van der Waals surface area (Å²) in [5.74, 6) is 1.71. The van der Waals surface area contributed by atoms with E-state index in [0.29, 0.717) is 0 Å². The summed E-state index contributed by atoms with van der Waals surface area (Å²) in [6.45, 7) is 4.68. The van der Waals surface area contributed by atoms with Gasteiger partial charge in [-0.3, -0.25) is 4.18 Å². The molecule has 1 fully saturated rings. The second-order valence-electron chi connectivity index (χ2n) is 8.96. The molecule has 4 rings (SSSR count). The molecule has 9 heteroatoms. The van der Waals surface area contributed by atoms with Crippen LogP contribution in [0.15, 0.2) is 36.7 Å². The molecule has 0 spiro atoms. The summed E-state index contributed by atoms with van der Waals surface area (Å²) in [7, 11) is -3.88. The minimum Gasteiger partial charge on any atom is -0.367 e. The lowest BCUT2D eigenvalue weighted by molar-refractivity contribution is 0.256. The van der Waals surface area contributed by atoms with Crippen molar-refractivity contribution in [2.45, 2.75) is 57.0 Å². The van der Waals surface area contributed by atoms with Gasteiger partial charge in [0.1, 0.15) is 18.0 Å². The summed E-state index contributed by atoms with van der Waals surface area (Å²) in [6.07, 6.45) is 5.19. The molecule has 8 nitrogen and oxygen atoms in total. The zero-order valence-corrected chi connectivity index (χ0v) is 18.2. The van der Waals surface area contributed by atoms with Gasteiger partial charge in [0.05, 0.1) is 12.6 Å². The smallest absolute Gasteiger partial charge is 0.333 e. The van der Waals surface area contributed by atoms with Crippen LogP contribution >= 0.6 is 0 Å². The molecule has 0 unspecified atom stereocenters. The summed E-state index contributed by atoms with van der Waals surface area (Å²) in [5, 5.41) is 11.9. The van der Waals surface area contributed by atoms with Crippen molar-refractivity contribution in [3.05, 3.63) is 47.8 Å². The lowest BCUT2D eigenvalue weighted by Crippen LogP contribution is -2.21. The largest absolute Gasteiger partial charge is 0.367 e. The Hall–Kier alpha value is -2.23. The molecule has 0 amide bonds. The fraction of sp³-hybridized carbons (Fsp3) is 0.524. The highest BCUT2D eigenvalue weighted by molar-refractivity contribution is 7.84. The molecule has 0 saturated heterocycles. The van der Waals surface area contributed by atoms with Crippen molar-refractivity contribution < 1.29 is 12.6 Å². The van der Waals surface area contributed by atoms with E-state index in [9.17, 15) is 8.42 Å². The van der Waals surface area contributed by atoms with Crippen LogP contribution in [0.1, 0.15) is 56.7 Å². The maximum Gasteiger partial charge on any atom is 0.333 e. The van der Waals surface area contributed by atoms with Crippen molar-refractivity contribution >= 4 is 21.9 Å². The van der Waals surface area contributed by atoms with Crippen molar-refractivity contribution in [1.29, 1.82) is 0 Å². The normalized spacial score (nSPS) is 25.1. The molecule has 1 saturated carbocycles. The lowest BCUT2D eigenvalue weighted by Gasteiger charge is -2.20. The molecule has 0 bridgehead atoms. The fourth-order valence-corrected chi connectivity index (χ4v) is 5.11. The fourth-order valence-electron chi connectivity index (χ4n) is 4.73. The first-order valence-corrected chi connectivity index (χ1v) is 11.8. The molecule has 2 aromatic rings. The third-order valence-electron chi connectivity index (χ3n) is 6.13. The maximum absolute atomic E-state index is 11.0. The maximum atomic E-state index is 11.0. The predicted molar refractivity (Wildman–Crippen MR) is 116 cm³/mol. The first-order valence-electron chi connectivity index (χ1n) is 10.3. The van der Waals surface area contributed by atoms with Gasteiger partial charge in [-0.15, -0.1) is 0 Å². The first-order chi connectivity index (χ1) is 14.2. The van der Waals surface area contributed by atoms with Crippen LogP contribution in [0.5, 0.6) is 0 Å². The van der Waals surface area contributed by atoms with Gasteiger partial charge in [0, 0.05) is 12.1 Å². The third kappa shape index (κ3) is 4.91. The Morgan fingerprint density at radius 2 is 1.90 bits per heavy atom. The van der Waals surface area contributed by atoms with Crippen LogP contribution < -0.4 is 15.8 Å². The van der Waals surface area contributed by atoms with Crippen molar-refractivity contribution in [3.63, 3.8) is 0 Å².